The third-order valence-electron chi connectivity index (χ3n) is 3.40. The van der Waals surface area contributed by atoms with E-state index < -0.39 is 5.97 Å². The molecule has 104 valence electrons. The predicted molar refractivity (Wildman–Crippen MR) is 70.0 cm³/mol. The standard InChI is InChI=1S/C14H19FN2O2/c15-12-3-1-2-10(4-12)7-17-8-11(6-14(18)19)5-13(16)9-17/h1-4,11,13H,5-9,16H2,(H,18,19). The van der Waals surface area contributed by atoms with Crippen LogP contribution >= 0.6 is 0 Å². The van der Waals surface area contributed by atoms with Gasteiger partial charge in [-0.2, -0.15) is 0 Å². The molecule has 4 nitrogen and oxygen atoms in total. The molecule has 0 radical (unpaired) electrons. The van der Waals surface area contributed by atoms with Crippen LogP contribution in [0.2, 0.25) is 0 Å². The fourth-order valence-electron chi connectivity index (χ4n) is 2.77. The first-order valence-corrected chi connectivity index (χ1v) is 6.47. The molecule has 0 saturated carbocycles. The summed E-state index contributed by atoms with van der Waals surface area (Å²) in [7, 11) is 0. The summed E-state index contributed by atoms with van der Waals surface area (Å²) >= 11 is 0. The second-order valence-corrected chi connectivity index (χ2v) is 5.28. The number of hydrogen-bond donors (Lipinski definition) is 2. The van der Waals surface area contributed by atoms with Crippen LogP contribution in [0.15, 0.2) is 24.3 Å². The number of carbonyl (C=O) groups is 1. The Morgan fingerprint density at radius 1 is 1.47 bits per heavy atom. The third-order valence-corrected chi connectivity index (χ3v) is 3.40. The van der Waals surface area contributed by atoms with Gasteiger partial charge in [0.2, 0.25) is 0 Å². The van der Waals surface area contributed by atoms with Crippen molar-refractivity contribution in [3.8, 4) is 0 Å². The molecule has 2 atom stereocenters. The maximum Gasteiger partial charge on any atom is 0.303 e. The fourth-order valence-corrected chi connectivity index (χ4v) is 2.77. The van der Waals surface area contributed by atoms with Gasteiger partial charge in [0.15, 0.2) is 0 Å². The van der Waals surface area contributed by atoms with E-state index in [1.165, 1.54) is 12.1 Å². The van der Waals surface area contributed by atoms with Crippen LogP contribution in [0.5, 0.6) is 0 Å². The first-order valence-electron chi connectivity index (χ1n) is 6.47. The lowest BCUT2D eigenvalue weighted by Gasteiger charge is -2.35. The van der Waals surface area contributed by atoms with E-state index in [9.17, 15) is 9.18 Å². The monoisotopic (exact) mass is 266 g/mol. The summed E-state index contributed by atoms with van der Waals surface area (Å²) in [6.07, 6.45) is 0.888. The lowest BCUT2D eigenvalue weighted by atomic mass is 9.91. The van der Waals surface area contributed by atoms with Crippen LogP contribution in [0.3, 0.4) is 0 Å². The zero-order valence-electron chi connectivity index (χ0n) is 10.8. The molecule has 0 aliphatic carbocycles. The van der Waals surface area contributed by atoms with Gasteiger partial charge in [-0.3, -0.25) is 9.69 Å². The highest BCUT2D eigenvalue weighted by Crippen LogP contribution is 2.21. The van der Waals surface area contributed by atoms with Crippen molar-refractivity contribution in [3.63, 3.8) is 0 Å². The van der Waals surface area contributed by atoms with Crippen molar-refractivity contribution in [2.75, 3.05) is 13.1 Å². The molecular formula is C14H19FN2O2. The summed E-state index contributed by atoms with van der Waals surface area (Å²) in [6.45, 7) is 2.05. The van der Waals surface area contributed by atoms with E-state index in [0.29, 0.717) is 13.1 Å². The van der Waals surface area contributed by atoms with E-state index in [-0.39, 0.29) is 24.2 Å². The van der Waals surface area contributed by atoms with Gasteiger partial charge >= 0.3 is 5.97 Å². The minimum atomic E-state index is -0.787. The molecule has 2 unspecified atom stereocenters. The Hall–Kier alpha value is -1.46. The van der Waals surface area contributed by atoms with E-state index in [2.05, 4.69) is 4.90 Å². The number of carboxylic acid groups (broad SMARTS) is 1. The zero-order chi connectivity index (χ0) is 13.8. The van der Waals surface area contributed by atoms with Gasteiger partial charge in [0, 0.05) is 32.1 Å². The van der Waals surface area contributed by atoms with Crippen molar-refractivity contribution in [2.45, 2.75) is 25.4 Å². The first-order chi connectivity index (χ1) is 9.02. The third kappa shape index (κ3) is 4.29. The molecule has 1 aromatic rings. The van der Waals surface area contributed by atoms with Crippen LogP contribution in [-0.4, -0.2) is 35.1 Å². The Morgan fingerprint density at radius 2 is 2.26 bits per heavy atom. The largest absolute Gasteiger partial charge is 0.481 e. The van der Waals surface area contributed by atoms with Crippen LogP contribution < -0.4 is 5.73 Å². The summed E-state index contributed by atoms with van der Waals surface area (Å²) in [5.41, 5.74) is 6.86. The first kappa shape index (κ1) is 14.0. The Bertz CT molecular complexity index is 453. The smallest absolute Gasteiger partial charge is 0.303 e. The van der Waals surface area contributed by atoms with Crippen molar-refractivity contribution < 1.29 is 14.3 Å². The number of aliphatic carboxylic acids is 1. The van der Waals surface area contributed by atoms with Crippen LogP contribution in [0.1, 0.15) is 18.4 Å². The molecule has 0 spiro atoms. The van der Waals surface area contributed by atoms with Crippen LogP contribution in [-0.2, 0) is 11.3 Å². The van der Waals surface area contributed by atoms with Crippen molar-refractivity contribution >= 4 is 5.97 Å². The van der Waals surface area contributed by atoms with Gasteiger partial charge in [0.25, 0.3) is 0 Å². The van der Waals surface area contributed by atoms with Crippen LogP contribution in [0, 0.1) is 11.7 Å². The van der Waals surface area contributed by atoms with Crippen molar-refractivity contribution in [1.82, 2.24) is 4.90 Å². The molecule has 19 heavy (non-hydrogen) atoms. The summed E-state index contributed by atoms with van der Waals surface area (Å²) < 4.78 is 13.1. The van der Waals surface area contributed by atoms with Gasteiger partial charge in [0.05, 0.1) is 0 Å². The molecule has 1 aromatic carbocycles. The maximum atomic E-state index is 13.1. The van der Waals surface area contributed by atoms with Gasteiger partial charge in [-0.15, -0.1) is 0 Å². The summed E-state index contributed by atoms with van der Waals surface area (Å²) in [6, 6.07) is 6.47. The Balaban J connectivity index is 1.97. The molecule has 0 aromatic heterocycles. The Kier molecular flexibility index (Phi) is 4.50. The van der Waals surface area contributed by atoms with Crippen LogP contribution in [0.25, 0.3) is 0 Å². The molecule has 3 N–H and O–H groups in total. The number of benzene rings is 1. The normalized spacial score (nSPS) is 24.3. The van der Waals surface area contributed by atoms with E-state index in [4.69, 9.17) is 10.8 Å². The molecule has 1 aliphatic heterocycles. The number of nitrogens with two attached hydrogens (primary N) is 1. The van der Waals surface area contributed by atoms with E-state index in [1.54, 1.807) is 6.07 Å². The Labute approximate surface area is 112 Å². The fraction of sp³-hybridized carbons (Fsp3) is 0.500. The van der Waals surface area contributed by atoms with Crippen molar-refractivity contribution in [2.24, 2.45) is 11.7 Å². The molecule has 1 saturated heterocycles. The van der Waals surface area contributed by atoms with Crippen molar-refractivity contribution in [3.05, 3.63) is 35.6 Å². The highest BCUT2D eigenvalue weighted by Gasteiger charge is 2.26. The molecule has 1 aliphatic rings. The van der Waals surface area contributed by atoms with E-state index in [0.717, 1.165) is 18.5 Å². The average Bonchev–Trinajstić information content (AvgIpc) is 2.26. The predicted octanol–water partition coefficient (Wildman–Crippen LogP) is 1.45. The summed E-state index contributed by atoms with van der Waals surface area (Å²) in [5, 5.41) is 8.86. The topological polar surface area (TPSA) is 66.6 Å². The number of halogens is 1. The Morgan fingerprint density at radius 3 is 2.95 bits per heavy atom. The number of piperidine rings is 1. The lowest BCUT2D eigenvalue weighted by Crippen LogP contribution is -2.46. The van der Waals surface area contributed by atoms with E-state index in [1.807, 2.05) is 6.07 Å². The number of nitrogens with zero attached hydrogens (tertiary/aromatic N) is 1. The quantitative estimate of drug-likeness (QED) is 0.865. The van der Waals surface area contributed by atoms with Gasteiger partial charge in [-0.05, 0) is 30.0 Å². The lowest BCUT2D eigenvalue weighted by molar-refractivity contribution is -0.138. The zero-order valence-corrected chi connectivity index (χ0v) is 10.8. The highest BCUT2D eigenvalue weighted by molar-refractivity contribution is 5.67. The minimum absolute atomic E-state index is 0.00772. The number of likely N-dealkylation sites (tertiary alicyclic amines) is 1. The maximum absolute atomic E-state index is 13.1. The number of rotatable bonds is 4. The molecule has 0 amide bonds. The molecular weight excluding hydrogens is 247 g/mol. The number of hydrogen-bond acceptors (Lipinski definition) is 3. The van der Waals surface area contributed by atoms with Gasteiger partial charge < -0.3 is 10.8 Å². The summed E-state index contributed by atoms with van der Waals surface area (Å²) in [4.78, 5) is 12.9. The van der Waals surface area contributed by atoms with Gasteiger partial charge in [0.1, 0.15) is 5.82 Å². The molecule has 5 heteroatoms. The minimum Gasteiger partial charge on any atom is -0.481 e. The molecule has 1 fully saturated rings. The van der Waals surface area contributed by atoms with E-state index >= 15 is 0 Å². The molecule has 2 rings (SSSR count). The van der Waals surface area contributed by atoms with Gasteiger partial charge in [-0.1, -0.05) is 12.1 Å². The molecule has 0 bridgehead atoms. The molecule has 1 heterocycles. The SMILES string of the molecule is NC1CC(CC(=O)O)CN(Cc2cccc(F)c2)C1. The average molecular weight is 266 g/mol. The van der Waals surface area contributed by atoms with Crippen molar-refractivity contribution in [1.29, 1.82) is 0 Å². The second-order valence-electron chi connectivity index (χ2n) is 5.28. The summed E-state index contributed by atoms with van der Waals surface area (Å²) in [5.74, 6) is -0.958. The highest BCUT2D eigenvalue weighted by atomic mass is 19.1. The van der Waals surface area contributed by atoms with Gasteiger partial charge in [-0.25, -0.2) is 4.39 Å². The van der Waals surface area contributed by atoms with Crippen LogP contribution in [0.4, 0.5) is 4.39 Å². The second kappa shape index (κ2) is 6.12. The number of carboxylic acids is 1.